The number of rotatable bonds is 4. The Morgan fingerprint density at radius 2 is 1.85 bits per heavy atom. The summed E-state index contributed by atoms with van der Waals surface area (Å²) in [6.45, 7) is 2.23. The third-order valence-corrected chi connectivity index (χ3v) is 13.2. The number of benzene rings is 1. The van der Waals surface area contributed by atoms with Crippen molar-refractivity contribution in [3.63, 3.8) is 0 Å². The van der Waals surface area contributed by atoms with Crippen molar-refractivity contribution in [2.24, 2.45) is 0 Å². The number of unbranched alkanes of at least 4 members (excludes halogenated alkanes) is 1. The van der Waals surface area contributed by atoms with E-state index >= 15 is 0 Å². The topological polar surface area (TPSA) is 0 Å². The zero-order valence-corrected chi connectivity index (χ0v) is 12.0. The van der Waals surface area contributed by atoms with Crippen LogP contribution in [0.1, 0.15) is 19.8 Å². The summed E-state index contributed by atoms with van der Waals surface area (Å²) in [7, 11) is 6.65. The van der Waals surface area contributed by atoms with E-state index in [1.165, 1.54) is 20.9 Å². The van der Waals surface area contributed by atoms with Gasteiger partial charge in [-0.3, -0.25) is 0 Å². The maximum absolute atomic E-state index is 6.65. The van der Waals surface area contributed by atoms with Crippen molar-refractivity contribution >= 4 is 29.8 Å². The quantitative estimate of drug-likeness (QED) is 0.747. The fourth-order valence-corrected chi connectivity index (χ4v) is 9.44. The molecule has 0 nitrogen and oxygen atoms in total. The van der Waals surface area contributed by atoms with Gasteiger partial charge in [0.15, 0.2) is 0 Å². The van der Waals surface area contributed by atoms with E-state index in [-0.39, 0.29) is 0 Å². The molecule has 13 heavy (non-hydrogen) atoms. The van der Waals surface area contributed by atoms with Crippen molar-refractivity contribution in [3.8, 4) is 0 Å². The first-order valence-electron chi connectivity index (χ1n) is 4.91. The van der Waals surface area contributed by atoms with E-state index in [2.05, 4.69) is 42.2 Å². The molecule has 0 heterocycles. The van der Waals surface area contributed by atoms with Gasteiger partial charge in [0.05, 0.1) is 0 Å². The molecule has 1 atom stereocenters. The number of hydrogen-bond donors (Lipinski definition) is 0. The van der Waals surface area contributed by atoms with Crippen LogP contribution in [0.5, 0.6) is 0 Å². The van der Waals surface area contributed by atoms with E-state index in [0.29, 0.717) is 0 Å². The molecular formula is C11H17ClSn. The maximum atomic E-state index is 6.65. The Bertz CT molecular complexity index is 244. The Morgan fingerprint density at radius 1 is 1.23 bits per heavy atom. The molecule has 72 valence electrons. The van der Waals surface area contributed by atoms with Gasteiger partial charge in [0.25, 0.3) is 0 Å². The summed E-state index contributed by atoms with van der Waals surface area (Å²) in [4.78, 5) is 2.31. The van der Waals surface area contributed by atoms with Crippen molar-refractivity contribution in [1.82, 2.24) is 0 Å². The van der Waals surface area contributed by atoms with Crippen LogP contribution in [0.3, 0.4) is 0 Å². The van der Waals surface area contributed by atoms with Crippen molar-refractivity contribution in [1.29, 1.82) is 0 Å². The van der Waals surface area contributed by atoms with E-state index in [1.54, 1.807) is 0 Å². The van der Waals surface area contributed by atoms with E-state index in [1.807, 2.05) is 0 Å². The Morgan fingerprint density at radius 3 is 2.38 bits per heavy atom. The molecule has 0 bridgehead atoms. The van der Waals surface area contributed by atoms with Crippen LogP contribution >= 0.6 is 8.92 Å². The van der Waals surface area contributed by atoms with E-state index in [4.69, 9.17) is 8.92 Å². The van der Waals surface area contributed by atoms with Gasteiger partial charge in [-0.2, -0.15) is 0 Å². The van der Waals surface area contributed by atoms with Crippen LogP contribution in [-0.4, -0.2) is 17.3 Å². The van der Waals surface area contributed by atoms with Gasteiger partial charge < -0.3 is 0 Å². The number of halogens is 1. The fourth-order valence-electron chi connectivity index (χ4n) is 1.44. The molecular weight excluding hydrogens is 286 g/mol. The van der Waals surface area contributed by atoms with Gasteiger partial charge in [-0.25, -0.2) is 0 Å². The van der Waals surface area contributed by atoms with Crippen LogP contribution in [-0.2, 0) is 0 Å². The predicted octanol–water partition coefficient (Wildman–Crippen LogP) is 3.51. The van der Waals surface area contributed by atoms with Crippen LogP contribution < -0.4 is 3.58 Å². The summed E-state index contributed by atoms with van der Waals surface area (Å²) >= 11 is -2.37. The van der Waals surface area contributed by atoms with Crippen molar-refractivity contribution in [2.45, 2.75) is 29.1 Å². The van der Waals surface area contributed by atoms with Gasteiger partial charge >= 0.3 is 89.2 Å². The van der Waals surface area contributed by atoms with Crippen LogP contribution in [0.2, 0.25) is 9.38 Å². The summed E-state index contributed by atoms with van der Waals surface area (Å²) in [5.74, 6) is 0. The van der Waals surface area contributed by atoms with Gasteiger partial charge in [-0.15, -0.1) is 0 Å². The normalized spacial score (nSPS) is 15.3. The van der Waals surface area contributed by atoms with Crippen molar-refractivity contribution < 1.29 is 0 Å². The second-order valence-corrected chi connectivity index (χ2v) is 19.2. The molecule has 1 rings (SSSR count). The minimum absolute atomic E-state index is 1.26. The standard InChI is InChI=1S/C6H5.C4H9.CH3.ClH.Sn/c1-2-4-6-5-3-1;1-3-4-2;;;/h1-5H;1,3-4H2,2H3;1H3;1H;/q;;;;+1/p-1. The molecule has 0 amide bonds. The summed E-state index contributed by atoms with van der Waals surface area (Å²) in [5.41, 5.74) is 0. The molecule has 0 N–H and O–H groups in total. The minimum atomic E-state index is -2.37. The van der Waals surface area contributed by atoms with Gasteiger partial charge in [-0.1, -0.05) is 0 Å². The first kappa shape index (κ1) is 11.4. The average molecular weight is 303 g/mol. The Kier molecular flexibility index (Phi) is 4.60. The average Bonchev–Trinajstić information content (AvgIpc) is 2.16. The molecule has 1 aromatic carbocycles. The molecule has 0 aliphatic carbocycles. The summed E-state index contributed by atoms with van der Waals surface area (Å²) in [5, 5.41) is 0. The summed E-state index contributed by atoms with van der Waals surface area (Å²) in [6.07, 6.45) is 2.54. The van der Waals surface area contributed by atoms with Gasteiger partial charge in [0.1, 0.15) is 0 Å². The van der Waals surface area contributed by atoms with E-state index < -0.39 is 17.3 Å². The summed E-state index contributed by atoms with van der Waals surface area (Å²) in [6, 6.07) is 10.6. The molecule has 0 aliphatic rings. The third-order valence-electron chi connectivity index (χ3n) is 2.38. The second-order valence-electron chi connectivity index (χ2n) is 3.67. The molecule has 0 saturated carbocycles. The molecule has 0 aromatic heterocycles. The SMILES string of the molecule is CCC[CH2][Sn]([CH3])([Cl])[c]1ccccc1. The first-order valence-corrected chi connectivity index (χ1v) is 14.8. The molecule has 0 fully saturated rings. The van der Waals surface area contributed by atoms with Gasteiger partial charge in [0, 0.05) is 0 Å². The Hall–Kier alpha value is 0.309. The first-order chi connectivity index (χ1) is 6.17. The molecule has 1 aromatic rings. The third kappa shape index (κ3) is 3.51. The number of hydrogen-bond acceptors (Lipinski definition) is 0. The predicted molar refractivity (Wildman–Crippen MR) is 63.3 cm³/mol. The monoisotopic (exact) mass is 304 g/mol. The van der Waals surface area contributed by atoms with Crippen molar-refractivity contribution in [3.05, 3.63) is 30.3 Å². The zero-order chi connectivity index (χ0) is 9.73. The Balaban J connectivity index is 2.69. The molecule has 2 heteroatoms. The fraction of sp³-hybridized carbons (Fsp3) is 0.455. The Labute approximate surface area is 88.9 Å². The van der Waals surface area contributed by atoms with Crippen LogP contribution in [0.4, 0.5) is 0 Å². The van der Waals surface area contributed by atoms with Gasteiger partial charge in [-0.05, 0) is 0 Å². The van der Waals surface area contributed by atoms with Crippen LogP contribution in [0.25, 0.3) is 0 Å². The molecule has 0 spiro atoms. The van der Waals surface area contributed by atoms with E-state index in [9.17, 15) is 0 Å². The molecule has 1 unspecified atom stereocenters. The van der Waals surface area contributed by atoms with Crippen LogP contribution in [0, 0.1) is 0 Å². The van der Waals surface area contributed by atoms with Gasteiger partial charge in [0.2, 0.25) is 0 Å². The second kappa shape index (κ2) is 5.25. The summed E-state index contributed by atoms with van der Waals surface area (Å²) < 4.78 is 2.70. The molecule has 0 saturated heterocycles. The van der Waals surface area contributed by atoms with Crippen molar-refractivity contribution in [2.75, 3.05) is 0 Å². The molecule has 0 radical (unpaired) electrons. The van der Waals surface area contributed by atoms with Crippen LogP contribution in [0.15, 0.2) is 30.3 Å². The zero-order valence-electron chi connectivity index (χ0n) is 8.39. The molecule has 0 aliphatic heterocycles. The van der Waals surface area contributed by atoms with E-state index in [0.717, 1.165) is 0 Å².